The van der Waals surface area contributed by atoms with Crippen LogP contribution in [-0.2, 0) is 13.5 Å². The van der Waals surface area contributed by atoms with Crippen molar-refractivity contribution in [2.45, 2.75) is 53.0 Å². The van der Waals surface area contributed by atoms with Gasteiger partial charge in [0.05, 0.1) is 5.69 Å². The first-order chi connectivity index (χ1) is 7.93. The second-order valence-corrected chi connectivity index (χ2v) is 5.75. The van der Waals surface area contributed by atoms with Crippen molar-refractivity contribution >= 4 is 0 Å². The Hall–Kier alpha value is -0.900. The maximum atomic E-state index is 4.11. The lowest BCUT2D eigenvalue weighted by molar-refractivity contribution is 0.254. The predicted octanol–water partition coefficient (Wildman–Crippen LogP) is 2.16. The van der Waals surface area contributed by atoms with Gasteiger partial charge in [0.25, 0.3) is 0 Å². The highest BCUT2D eigenvalue weighted by Gasteiger charge is 2.22. The van der Waals surface area contributed by atoms with Crippen molar-refractivity contribution in [3.05, 3.63) is 11.9 Å². The Balaban J connectivity index is 2.37. The molecule has 0 fully saturated rings. The third-order valence-corrected chi connectivity index (χ3v) is 3.07. The normalized spacial score (nSPS) is 13.9. The van der Waals surface area contributed by atoms with Gasteiger partial charge in [-0.1, -0.05) is 32.9 Å². The molecular formula is C13H26N4. The molecule has 4 heteroatoms. The van der Waals surface area contributed by atoms with Gasteiger partial charge >= 0.3 is 0 Å². The first kappa shape index (κ1) is 14.2. The molecule has 0 saturated carbocycles. The number of aryl methyl sites for hydroxylation is 2. The van der Waals surface area contributed by atoms with Crippen LogP contribution in [0.4, 0.5) is 0 Å². The van der Waals surface area contributed by atoms with Crippen LogP contribution in [0.15, 0.2) is 6.20 Å². The van der Waals surface area contributed by atoms with Gasteiger partial charge in [0.2, 0.25) is 0 Å². The van der Waals surface area contributed by atoms with Crippen LogP contribution in [0.1, 0.15) is 46.2 Å². The van der Waals surface area contributed by atoms with Crippen LogP contribution >= 0.6 is 0 Å². The molecule has 1 rings (SSSR count). The topological polar surface area (TPSA) is 42.7 Å². The molecule has 17 heavy (non-hydrogen) atoms. The molecule has 1 aromatic rings. The van der Waals surface area contributed by atoms with Crippen LogP contribution in [0.25, 0.3) is 0 Å². The highest BCUT2D eigenvalue weighted by atomic mass is 15.4. The fourth-order valence-corrected chi connectivity index (χ4v) is 2.08. The Morgan fingerprint density at radius 2 is 2.12 bits per heavy atom. The van der Waals surface area contributed by atoms with Crippen molar-refractivity contribution in [2.24, 2.45) is 12.5 Å². The van der Waals surface area contributed by atoms with Gasteiger partial charge in [-0.2, -0.15) is 0 Å². The molecule has 98 valence electrons. The lowest BCUT2D eigenvalue weighted by Gasteiger charge is -2.31. The molecule has 0 aliphatic heterocycles. The van der Waals surface area contributed by atoms with E-state index in [1.54, 1.807) is 4.68 Å². The number of nitrogens with one attached hydrogen (secondary N) is 1. The Labute approximate surface area is 105 Å². The van der Waals surface area contributed by atoms with Crippen LogP contribution in [0, 0.1) is 5.41 Å². The number of nitrogens with zero attached hydrogens (tertiary/aromatic N) is 3. The fraction of sp³-hybridized carbons (Fsp3) is 0.846. The molecule has 0 aliphatic carbocycles. The summed E-state index contributed by atoms with van der Waals surface area (Å²) in [5.74, 6) is 0. The van der Waals surface area contributed by atoms with Gasteiger partial charge in [0.1, 0.15) is 0 Å². The van der Waals surface area contributed by atoms with E-state index in [4.69, 9.17) is 0 Å². The molecule has 4 nitrogen and oxygen atoms in total. The minimum Gasteiger partial charge on any atom is -0.314 e. The predicted molar refractivity (Wildman–Crippen MR) is 70.9 cm³/mol. The van der Waals surface area contributed by atoms with E-state index in [-0.39, 0.29) is 0 Å². The molecule has 1 aromatic heterocycles. The van der Waals surface area contributed by atoms with E-state index in [1.807, 2.05) is 13.2 Å². The molecule has 0 saturated heterocycles. The number of aromatic nitrogens is 3. The summed E-state index contributed by atoms with van der Waals surface area (Å²) >= 11 is 0. The van der Waals surface area contributed by atoms with Gasteiger partial charge < -0.3 is 5.32 Å². The summed E-state index contributed by atoms with van der Waals surface area (Å²) in [6, 6.07) is 0.573. The van der Waals surface area contributed by atoms with Crippen LogP contribution in [0.5, 0.6) is 0 Å². The molecule has 0 radical (unpaired) electrons. The zero-order valence-electron chi connectivity index (χ0n) is 11.8. The Morgan fingerprint density at radius 1 is 1.41 bits per heavy atom. The second-order valence-electron chi connectivity index (χ2n) is 5.75. The zero-order chi connectivity index (χ0) is 12.9. The smallest absolute Gasteiger partial charge is 0.0827 e. The molecule has 1 N–H and O–H groups in total. The van der Waals surface area contributed by atoms with Crippen molar-refractivity contribution < 1.29 is 0 Å². The standard InChI is InChI=1S/C13H26N4/c1-6-14-12(13(2,3)4)9-7-8-11-10-17(5)16-15-11/h10,12,14H,6-9H2,1-5H3. The monoisotopic (exact) mass is 238 g/mol. The van der Waals surface area contributed by atoms with Gasteiger partial charge in [-0.15, -0.1) is 5.10 Å². The van der Waals surface area contributed by atoms with Crippen molar-refractivity contribution in [3.8, 4) is 0 Å². The summed E-state index contributed by atoms with van der Waals surface area (Å²) in [5, 5.41) is 11.6. The van der Waals surface area contributed by atoms with Crippen LogP contribution in [0.3, 0.4) is 0 Å². The molecule has 0 bridgehead atoms. The van der Waals surface area contributed by atoms with E-state index in [0.29, 0.717) is 11.5 Å². The van der Waals surface area contributed by atoms with E-state index in [1.165, 1.54) is 6.42 Å². The van der Waals surface area contributed by atoms with Crippen LogP contribution in [-0.4, -0.2) is 27.6 Å². The lowest BCUT2D eigenvalue weighted by Crippen LogP contribution is -2.40. The SMILES string of the molecule is CCNC(CCCc1cn(C)nn1)C(C)(C)C. The highest BCUT2D eigenvalue weighted by molar-refractivity contribution is 4.92. The Kier molecular flexibility index (Phi) is 5.12. The maximum absolute atomic E-state index is 4.11. The van der Waals surface area contributed by atoms with Crippen molar-refractivity contribution in [1.82, 2.24) is 20.3 Å². The maximum Gasteiger partial charge on any atom is 0.0827 e. The zero-order valence-corrected chi connectivity index (χ0v) is 11.8. The van der Waals surface area contributed by atoms with Crippen molar-refractivity contribution in [1.29, 1.82) is 0 Å². The minimum absolute atomic E-state index is 0.318. The second kappa shape index (κ2) is 6.15. The summed E-state index contributed by atoms with van der Waals surface area (Å²) in [5.41, 5.74) is 1.41. The first-order valence-electron chi connectivity index (χ1n) is 6.52. The van der Waals surface area contributed by atoms with Gasteiger partial charge in [-0.05, 0) is 31.2 Å². The molecule has 0 aromatic carbocycles. The average molecular weight is 238 g/mol. The number of rotatable bonds is 6. The van der Waals surface area contributed by atoms with Gasteiger partial charge in [0, 0.05) is 19.3 Å². The summed E-state index contributed by atoms with van der Waals surface area (Å²) in [7, 11) is 1.91. The van der Waals surface area contributed by atoms with Crippen molar-refractivity contribution in [3.63, 3.8) is 0 Å². The summed E-state index contributed by atoms with van der Waals surface area (Å²) in [4.78, 5) is 0. The highest BCUT2D eigenvalue weighted by Crippen LogP contribution is 2.23. The van der Waals surface area contributed by atoms with Gasteiger partial charge in [-0.25, -0.2) is 0 Å². The fourth-order valence-electron chi connectivity index (χ4n) is 2.08. The van der Waals surface area contributed by atoms with Crippen LogP contribution < -0.4 is 5.32 Å². The molecule has 1 atom stereocenters. The van der Waals surface area contributed by atoms with E-state index in [0.717, 1.165) is 25.1 Å². The molecule has 1 unspecified atom stereocenters. The average Bonchev–Trinajstić information content (AvgIpc) is 2.61. The summed E-state index contributed by atoms with van der Waals surface area (Å²) in [6.07, 6.45) is 5.37. The van der Waals surface area contributed by atoms with E-state index >= 15 is 0 Å². The lowest BCUT2D eigenvalue weighted by atomic mass is 9.83. The summed E-state index contributed by atoms with van der Waals surface area (Å²) < 4.78 is 1.76. The Morgan fingerprint density at radius 3 is 2.59 bits per heavy atom. The number of hydrogen-bond donors (Lipinski definition) is 1. The quantitative estimate of drug-likeness (QED) is 0.826. The molecule has 1 heterocycles. The van der Waals surface area contributed by atoms with E-state index in [2.05, 4.69) is 43.3 Å². The van der Waals surface area contributed by atoms with Gasteiger partial charge in [-0.3, -0.25) is 4.68 Å². The third kappa shape index (κ3) is 4.86. The minimum atomic E-state index is 0.318. The third-order valence-electron chi connectivity index (χ3n) is 3.07. The van der Waals surface area contributed by atoms with Gasteiger partial charge in [0.15, 0.2) is 0 Å². The molecule has 0 amide bonds. The van der Waals surface area contributed by atoms with Crippen LogP contribution in [0.2, 0.25) is 0 Å². The molecule has 0 aliphatic rings. The van der Waals surface area contributed by atoms with E-state index in [9.17, 15) is 0 Å². The largest absolute Gasteiger partial charge is 0.314 e. The Bertz CT molecular complexity index is 324. The number of hydrogen-bond acceptors (Lipinski definition) is 3. The molecule has 0 spiro atoms. The summed E-state index contributed by atoms with van der Waals surface area (Å²) in [6.45, 7) is 10.1. The first-order valence-corrected chi connectivity index (χ1v) is 6.52. The van der Waals surface area contributed by atoms with Crippen molar-refractivity contribution in [2.75, 3.05) is 6.54 Å². The molecular weight excluding hydrogens is 212 g/mol. The van der Waals surface area contributed by atoms with E-state index < -0.39 is 0 Å².